The predicted molar refractivity (Wildman–Crippen MR) is 93.9 cm³/mol. The summed E-state index contributed by atoms with van der Waals surface area (Å²) in [5.41, 5.74) is 2.75. The third kappa shape index (κ3) is 2.03. The molecule has 0 radical (unpaired) electrons. The molecule has 4 rings (SSSR count). The Balaban J connectivity index is 1.85. The molecule has 118 valence electrons. The second-order valence-electron chi connectivity index (χ2n) is 7.32. The number of rotatable bonds is 1. The van der Waals surface area contributed by atoms with Gasteiger partial charge in [0, 0.05) is 35.7 Å². The molecule has 23 heavy (non-hydrogen) atoms. The van der Waals surface area contributed by atoms with Crippen molar-refractivity contribution in [1.29, 1.82) is 0 Å². The van der Waals surface area contributed by atoms with Gasteiger partial charge in [-0.05, 0) is 45.3 Å². The first-order valence-corrected chi connectivity index (χ1v) is 7.98. The van der Waals surface area contributed by atoms with Gasteiger partial charge in [-0.2, -0.15) is 0 Å². The molecule has 1 fully saturated rings. The highest BCUT2D eigenvalue weighted by Gasteiger charge is 2.51. The molecule has 0 spiro atoms. The monoisotopic (exact) mass is 308 g/mol. The van der Waals surface area contributed by atoms with Crippen molar-refractivity contribution >= 4 is 34.4 Å². The smallest absolute Gasteiger partial charge is 0.399 e. The number of benzene rings is 1. The van der Waals surface area contributed by atoms with Gasteiger partial charge in [0.05, 0.1) is 16.7 Å². The number of aromatic nitrogens is 2. The van der Waals surface area contributed by atoms with Crippen molar-refractivity contribution in [2.75, 3.05) is 0 Å². The van der Waals surface area contributed by atoms with Crippen LogP contribution in [0, 0.1) is 0 Å². The van der Waals surface area contributed by atoms with Gasteiger partial charge in [0.25, 0.3) is 0 Å². The fourth-order valence-corrected chi connectivity index (χ4v) is 3.20. The lowest BCUT2D eigenvalue weighted by molar-refractivity contribution is 0.00578. The molecular weight excluding hydrogens is 287 g/mol. The van der Waals surface area contributed by atoms with E-state index >= 15 is 0 Å². The number of pyridine rings is 1. The van der Waals surface area contributed by atoms with Crippen LogP contribution >= 0.6 is 0 Å². The molecule has 0 bridgehead atoms. The summed E-state index contributed by atoms with van der Waals surface area (Å²) in [6.07, 6.45) is 3.75. The summed E-state index contributed by atoms with van der Waals surface area (Å²) >= 11 is 0. The highest BCUT2D eigenvalue weighted by Crippen LogP contribution is 2.37. The third-order valence-corrected chi connectivity index (χ3v) is 5.36. The van der Waals surface area contributed by atoms with Crippen LogP contribution in [0.4, 0.5) is 0 Å². The summed E-state index contributed by atoms with van der Waals surface area (Å²) in [6, 6.07) is 8.44. The molecule has 3 heterocycles. The lowest BCUT2D eigenvalue weighted by Gasteiger charge is -2.32. The Morgan fingerprint density at radius 3 is 2.35 bits per heavy atom. The Morgan fingerprint density at radius 2 is 1.65 bits per heavy atom. The van der Waals surface area contributed by atoms with Crippen LogP contribution in [0.2, 0.25) is 0 Å². The van der Waals surface area contributed by atoms with Gasteiger partial charge in [0.1, 0.15) is 0 Å². The van der Waals surface area contributed by atoms with Crippen LogP contribution < -0.4 is 5.46 Å². The van der Waals surface area contributed by atoms with E-state index in [2.05, 4.69) is 62.5 Å². The summed E-state index contributed by atoms with van der Waals surface area (Å²) in [4.78, 5) is 4.25. The molecule has 0 N–H and O–H groups in total. The maximum Gasteiger partial charge on any atom is 0.494 e. The first-order valence-electron chi connectivity index (χ1n) is 7.98. The van der Waals surface area contributed by atoms with Crippen LogP contribution in [0.1, 0.15) is 27.7 Å². The van der Waals surface area contributed by atoms with Gasteiger partial charge in [0.2, 0.25) is 0 Å². The zero-order valence-corrected chi connectivity index (χ0v) is 14.3. The summed E-state index contributed by atoms with van der Waals surface area (Å²) in [7, 11) is 1.75. The first kappa shape index (κ1) is 14.7. The molecule has 1 aromatic carbocycles. The van der Waals surface area contributed by atoms with Crippen LogP contribution in [-0.4, -0.2) is 27.9 Å². The molecule has 0 saturated carbocycles. The van der Waals surface area contributed by atoms with E-state index < -0.39 is 0 Å². The van der Waals surface area contributed by atoms with E-state index in [-0.39, 0.29) is 18.3 Å². The van der Waals surface area contributed by atoms with E-state index in [1.807, 2.05) is 18.5 Å². The Bertz CT molecular complexity index is 898. The number of hydrogen-bond acceptors (Lipinski definition) is 3. The summed E-state index contributed by atoms with van der Waals surface area (Å²) < 4.78 is 14.5. The van der Waals surface area contributed by atoms with Crippen LogP contribution in [0.5, 0.6) is 0 Å². The average molecular weight is 308 g/mol. The Morgan fingerprint density at radius 1 is 0.957 bits per heavy atom. The van der Waals surface area contributed by atoms with E-state index in [0.717, 1.165) is 5.46 Å². The van der Waals surface area contributed by atoms with E-state index in [1.54, 1.807) is 0 Å². The van der Waals surface area contributed by atoms with Crippen molar-refractivity contribution < 1.29 is 9.31 Å². The molecule has 0 amide bonds. The minimum Gasteiger partial charge on any atom is -0.399 e. The maximum absolute atomic E-state index is 6.17. The van der Waals surface area contributed by atoms with E-state index in [4.69, 9.17) is 9.31 Å². The SMILES string of the molecule is Cn1c2ccncc2c2ccc(B3OC(C)(C)C(C)(C)O3)cc21. The summed E-state index contributed by atoms with van der Waals surface area (Å²) in [5, 5.41) is 2.38. The Labute approximate surface area is 136 Å². The molecule has 0 unspecified atom stereocenters. The number of fused-ring (bicyclic) bond motifs is 3. The number of hydrogen-bond donors (Lipinski definition) is 0. The lowest BCUT2D eigenvalue weighted by atomic mass is 9.79. The van der Waals surface area contributed by atoms with Gasteiger partial charge in [0.15, 0.2) is 0 Å². The number of aryl methyl sites for hydroxylation is 1. The highest BCUT2D eigenvalue weighted by atomic mass is 16.7. The maximum atomic E-state index is 6.17. The zero-order chi connectivity index (χ0) is 16.4. The molecular formula is C18H21BN2O2. The van der Waals surface area contributed by atoms with Gasteiger partial charge in [-0.15, -0.1) is 0 Å². The molecule has 3 aromatic rings. The van der Waals surface area contributed by atoms with Crippen molar-refractivity contribution in [2.45, 2.75) is 38.9 Å². The topological polar surface area (TPSA) is 36.3 Å². The van der Waals surface area contributed by atoms with Gasteiger partial charge in [-0.3, -0.25) is 4.98 Å². The van der Waals surface area contributed by atoms with Gasteiger partial charge < -0.3 is 13.9 Å². The van der Waals surface area contributed by atoms with Crippen LogP contribution in [0.3, 0.4) is 0 Å². The molecule has 4 nitrogen and oxygen atoms in total. The van der Waals surface area contributed by atoms with Gasteiger partial charge >= 0.3 is 7.12 Å². The van der Waals surface area contributed by atoms with Crippen molar-refractivity contribution in [3.8, 4) is 0 Å². The Hall–Kier alpha value is -1.85. The molecule has 1 saturated heterocycles. The number of nitrogens with zero attached hydrogens (tertiary/aromatic N) is 2. The first-order chi connectivity index (χ1) is 10.8. The zero-order valence-electron chi connectivity index (χ0n) is 14.3. The second kappa shape index (κ2) is 4.59. The fraction of sp³-hybridized carbons (Fsp3) is 0.389. The van der Waals surface area contributed by atoms with Crippen LogP contribution in [0.25, 0.3) is 21.8 Å². The summed E-state index contributed by atoms with van der Waals surface area (Å²) in [5.74, 6) is 0. The molecule has 2 aromatic heterocycles. The van der Waals surface area contributed by atoms with Crippen molar-refractivity contribution in [2.24, 2.45) is 7.05 Å². The van der Waals surface area contributed by atoms with E-state index in [9.17, 15) is 0 Å². The standard InChI is InChI=1S/C18H21BN2O2/c1-17(2)18(3,4)23-19(22-17)12-6-7-13-14-11-20-9-8-15(14)21(5)16(13)10-12/h6-11H,1-5H3. The average Bonchev–Trinajstić information content (AvgIpc) is 2.91. The quantitative estimate of drug-likeness (QED) is 0.648. The minimum atomic E-state index is -0.333. The summed E-state index contributed by atoms with van der Waals surface area (Å²) in [6.45, 7) is 8.31. The highest BCUT2D eigenvalue weighted by molar-refractivity contribution is 6.62. The van der Waals surface area contributed by atoms with Gasteiger partial charge in [-0.1, -0.05) is 12.1 Å². The largest absolute Gasteiger partial charge is 0.494 e. The van der Waals surface area contributed by atoms with Crippen LogP contribution in [-0.2, 0) is 16.4 Å². The molecule has 5 heteroatoms. The van der Waals surface area contributed by atoms with Gasteiger partial charge in [-0.25, -0.2) is 0 Å². The van der Waals surface area contributed by atoms with Crippen LogP contribution in [0.15, 0.2) is 36.7 Å². The molecule has 0 atom stereocenters. The minimum absolute atomic E-state index is 0.324. The van der Waals surface area contributed by atoms with Crippen molar-refractivity contribution in [3.05, 3.63) is 36.7 Å². The van der Waals surface area contributed by atoms with Crippen molar-refractivity contribution in [3.63, 3.8) is 0 Å². The fourth-order valence-electron chi connectivity index (χ4n) is 3.20. The molecule has 0 aliphatic carbocycles. The second-order valence-corrected chi connectivity index (χ2v) is 7.32. The third-order valence-electron chi connectivity index (χ3n) is 5.36. The van der Waals surface area contributed by atoms with E-state index in [1.165, 1.54) is 21.8 Å². The van der Waals surface area contributed by atoms with E-state index in [0.29, 0.717) is 0 Å². The molecule has 1 aliphatic rings. The normalized spacial score (nSPS) is 19.8. The Kier molecular flexibility index (Phi) is 2.94. The predicted octanol–water partition coefficient (Wildman–Crippen LogP) is 3.03. The lowest BCUT2D eigenvalue weighted by Crippen LogP contribution is -2.41. The molecule has 1 aliphatic heterocycles. The van der Waals surface area contributed by atoms with Crippen molar-refractivity contribution in [1.82, 2.24) is 9.55 Å².